The summed E-state index contributed by atoms with van der Waals surface area (Å²) < 4.78 is 0. The Kier molecular flexibility index (Phi) is 4.56. The molecule has 3 rings (SSSR count). The zero-order chi connectivity index (χ0) is 19.9. The second kappa shape index (κ2) is 6.71. The van der Waals surface area contributed by atoms with Crippen LogP contribution in [0.2, 0.25) is 0 Å². The van der Waals surface area contributed by atoms with Gasteiger partial charge in [0.1, 0.15) is 6.04 Å². The Labute approximate surface area is 153 Å². The highest BCUT2D eigenvalue weighted by atomic mass is 16.4. The number of carboxylic acid groups (broad SMARTS) is 2. The Bertz CT molecular complexity index is 825. The molecule has 2 aliphatic heterocycles. The number of carboxylic acids is 2. The molecule has 27 heavy (non-hydrogen) atoms. The molecule has 10 heteroatoms. The lowest BCUT2D eigenvalue weighted by atomic mass is 9.93. The molecule has 3 N–H and O–H groups in total. The van der Waals surface area contributed by atoms with Gasteiger partial charge < -0.3 is 25.3 Å². The number of nitrogens with zero attached hydrogens (tertiary/aromatic N) is 2. The summed E-state index contributed by atoms with van der Waals surface area (Å²) in [5.74, 6) is -6.28. The maximum atomic E-state index is 12.5. The SMILES string of the molecule is CC(=O)N1CC2[C@@H](NC(=O)C(C(=O)O)c3ccccc3)C(=O)N2C1C(=O)O. The number of nitrogens with one attached hydrogen (secondary N) is 1. The summed E-state index contributed by atoms with van der Waals surface area (Å²) in [6.07, 6.45) is -1.42. The first-order valence-corrected chi connectivity index (χ1v) is 8.14. The molecule has 2 heterocycles. The lowest BCUT2D eigenvalue weighted by Gasteiger charge is -2.43. The highest BCUT2D eigenvalue weighted by molar-refractivity contribution is 6.05. The molecular weight excluding hydrogens is 358 g/mol. The van der Waals surface area contributed by atoms with Gasteiger partial charge in [-0.05, 0) is 5.56 Å². The third kappa shape index (κ3) is 2.98. The van der Waals surface area contributed by atoms with E-state index in [0.29, 0.717) is 0 Å². The fourth-order valence-corrected chi connectivity index (χ4v) is 3.51. The van der Waals surface area contributed by atoms with E-state index in [2.05, 4.69) is 5.32 Å². The van der Waals surface area contributed by atoms with Crippen molar-refractivity contribution in [2.75, 3.05) is 6.54 Å². The van der Waals surface area contributed by atoms with Crippen LogP contribution in [0.3, 0.4) is 0 Å². The molecule has 0 bridgehead atoms. The van der Waals surface area contributed by atoms with Crippen LogP contribution in [0.4, 0.5) is 0 Å². The summed E-state index contributed by atoms with van der Waals surface area (Å²) in [7, 11) is 0. The predicted molar refractivity (Wildman–Crippen MR) is 88.2 cm³/mol. The maximum Gasteiger partial charge on any atom is 0.347 e. The topological polar surface area (TPSA) is 144 Å². The van der Waals surface area contributed by atoms with E-state index in [0.717, 1.165) is 9.80 Å². The molecule has 0 spiro atoms. The third-order valence-corrected chi connectivity index (χ3v) is 4.77. The molecule has 10 nitrogen and oxygen atoms in total. The number of benzene rings is 1. The van der Waals surface area contributed by atoms with Gasteiger partial charge in [0.05, 0.1) is 6.04 Å². The Balaban J connectivity index is 1.78. The minimum Gasteiger partial charge on any atom is -0.480 e. The smallest absolute Gasteiger partial charge is 0.347 e. The van der Waals surface area contributed by atoms with Crippen molar-refractivity contribution in [1.29, 1.82) is 0 Å². The Morgan fingerprint density at radius 2 is 1.78 bits per heavy atom. The van der Waals surface area contributed by atoms with E-state index in [1.165, 1.54) is 19.1 Å². The second-order valence-corrected chi connectivity index (χ2v) is 6.36. The van der Waals surface area contributed by atoms with Crippen LogP contribution in [0.5, 0.6) is 0 Å². The minimum absolute atomic E-state index is 0.0495. The molecule has 2 aliphatic rings. The molecule has 1 aromatic carbocycles. The van der Waals surface area contributed by atoms with Crippen LogP contribution in [-0.4, -0.2) is 74.5 Å². The zero-order valence-corrected chi connectivity index (χ0v) is 14.2. The summed E-state index contributed by atoms with van der Waals surface area (Å²) in [4.78, 5) is 61.5. The molecule has 2 saturated heterocycles. The Hall–Kier alpha value is -3.43. The van der Waals surface area contributed by atoms with E-state index in [4.69, 9.17) is 0 Å². The molecule has 142 valence electrons. The van der Waals surface area contributed by atoms with E-state index in [1.54, 1.807) is 18.2 Å². The van der Waals surface area contributed by atoms with Crippen molar-refractivity contribution in [2.45, 2.75) is 31.1 Å². The summed E-state index contributed by atoms with van der Waals surface area (Å²) >= 11 is 0. The van der Waals surface area contributed by atoms with Crippen molar-refractivity contribution in [2.24, 2.45) is 0 Å². The van der Waals surface area contributed by atoms with Gasteiger partial charge in [-0.25, -0.2) is 4.79 Å². The Morgan fingerprint density at radius 3 is 2.30 bits per heavy atom. The van der Waals surface area contributed by atoms with Crippen molar-refractivity contribution in [3.63, 3.8) is 0 Å². The number of β-lactam (4-membered cyclic amide) rings is 1. The highest BCUT2D eigenvalue weighted by Crippen LogP contribution is 2.33. The number of amides is 3. The lowest BCUT2D eigenvalue weighted by Crippen LogP contribution is -2.71. The molecule has 3 amide bonds. The van der Waals surface area contributed by atoms with Crippen LogP contribution < -0.4 is 5.32 Å². The second-order valence-electron chi connectivity index (χ2n) is 6.36. The van der Waals surface area contributed by atoms with E-state index < -0.39 is 53.8 Å². The standard InChI is InChI=1S/C17H17N3O7/c1-8(21)19-7-10-12(15(23)20(10)14(19)17(26)27)18-13(22)11(16(24)25)9-5-3-2-4-6-9/h2-6,10-12,14H,7H2,1H3,(H,18,22)(H,24,25)(H,26,27)/t10?,11?,12-,14?/m1/s1. The van der Waals surface area contributed by atoms with Crippen LogP contribution >= 0.6 is 0 Å². The van der Waals surface area contributed by atoms with Gasteiger partial charge in [-0.15, -0.1) is 0 Å². The number of fused-ring (bicyclic) bond motifs is 1. The maximum absolute atomic E-state index is 12.5. The average Bonchev–Trinajstić information content (AvgIpc) is 2.97. The fourth-order valence-electron chi connectivity index (χ4n) is 3.51. The average molecular weight is 375 g/mol. The number of aliphatic carboxylic acids is 2. The zero-order valence-electron chi connectivity index (χ0n) is 14.2. The van der Waals surface area contributed by atoms with Gasteiger partial charge in [-0.1, -0.05) is 30.3 Å². The molecule has 3 unspecified atom stereocenters. The first kappa shape index (κ1) is 18.4. The van der Waals surface area contributed by atoms with Gasteiger partial charge in [0.25, 0.3) is 0 Å². The van der Waals surface area contributed by atoms with Crippen molar-refractivity contribution in [1.82, 2.24) is 15.1 Å². The van der Waals surface area contributed by atoms with Gasteiger partial charge in [-0.2, -0.15) is 0 Å². The molecular formula is C17H17N3O7. The van der Waals surface area contributed by atoms with Crippen molar-refractivity contribution in [3.05, 3.63) is 35.9 Å². The van der Waals surface area contributed by atoms with E-state index in [1.807, 2.05) is 0 Å². The summed E-state index contributed by atoms with van der Waals surface area (Å²) in [5.41, 5.74) is 0.256. The van der Waals surface area contributed by atoms with E-state index in [-0.39, 0.29) is 12.1 Å². The largest absolute Gasteiger partial charge is 0.480 e. The third-order valence-electron chi connectivity index (χ3n) is 4.77. The van der Waals surface area contributed by atoms with Gasteiger partial charge >= 0.3 is 11.9 Å². The quantitative estimate of drug-likeness (QED) is 0.434. The monoisotopic (exact) mass is 375 g/mol. The normalized spacial score (nSPS) is 24.6. The molecule has 4 atom stereocenters. The van der Waals surface area contributed by atoms with Gasteiger partial charge in [-0.3, -0.25) is 19.2 Å². The van der Waals surface area contributed by atoms with Gasteiger partial charge in [0.2, 0.25) is 23.9 Å². The fraction of sp³-hybridized carbons (Fsp3) is 0.353. The van der Waals surface area contributed by atoms with Gasteiger partial charge in [0.15, 0.2) is 5.92 Å². The van der Waals surface area contributed by atoms with Crippen molar-refractivity contribution in [3.8, 4) is 0 Å². The van der Waals surface area contributed by atoms with Crippen molar-refractivity contribution < 1.29 is 34.2 Å². The van der Waals surface area contributed by atoms with Gasteiger partial charge in [0, 0.05) is 13.5 Å². The van der Waals surface area contributed by atoms with Crippen LogP contribution in [-0.2, 0) is 24.0 Å². The first-order chi connectivity index (χ1) is 12.7. The summed E-state index contributed by atoms with van der Waals surface area (Å²) in [6, 6.07) is 6.05. The molecule has 0 saturated carbocycles. The molecule has 0 radical (unpaired) electrons. The minimum atomic E-state index is -1.51. The number of rotatable bonds is 5. The lowest BCUT2D eigenvalue weighted by molar-refractivity contribution is -0.166. The molecule has 0 aromatic heterocycles. The van der Waals surface area contributed by atoms with Crippen LogP contribution in [0, 0.1) is 0 Å². The van der Waals surface area contributed by atoms with Crippen LogP contribution in [0.1, 0.15) is 18.4 Å². The predicted octanol–water partition coefficient (Wildman–Crippen LogP) is -1.18. The Morgan fingerprint density at radius 1 is 1.15 bits per heavy atom. The summed E-state index contributed by atoms with van der Waals surface area (Å²) in [5, 5.41) is 21.1. The molecule has 1 aromatic rings. The first-order valence-electron chi connectivity index (χ1n) is 8.14. The summed E-state index contributed by atoms with van der Waals surface area (Å²) in [6.45, 7) is 1.14. The van der Waals surface area contributed by atoms with E-state index in [9.17, 15) is 34.2 Å². The number of hydrogen-bond acceptors (Lipinski definition) is 5. The molecule has 2 fully saturated rings. The number of hydrogen-bond donors (Lipinski definition) is 3. The molecule has 0 aliphatic carbocycles. The van der Waals surface area contributed by atoms with Crippen LogP contribution in [0.25, 0.3) is 0 Å². The van der Waals surface area contributed by atoms with E-state index >= 15 is 0 Å². The van der Waals surface area contributed by atoms with Crippen molar-refractivity contribution >= 4 is 29.7 Å². The highest BCUT2D eigenvalue weighted by Gasteiger charge is 2.60. The number of carbonyl (C=O) groups excluding carboxylic acids is 3. The van der Waals surface area contributed by atoms with Crippen LogP contribution in [0.15, 0.2) is 30.3 Å². The number of carbonyl (C=O) groups is 5.